The molecule has 1 atom stereocenters. The number of thiol groups is 1. The predicted molar refractivity (Wildman–Crippen MR) is 82.4 cm³/mol. The summed E-state index contributed by atoms with van der Waals surface area (Å²) in [5.41, 5.74) is 0.349. The Hall–Kier alpha value is -0.210. The minimum atomic E-state index is 0.349. The van der Waals surface area contributed by atoms with Crippen molar-refractivity contribution < 1.29 is 0 Å². The fraction of sp³-hybridized carbons (Fsp3) is 0.733. The zero-order valence-corrected chi connectivity index (χ0v) is 12.5. The maximum absolute atomic E-state index is 4.52. The van der Waals surface area contributed by atoms with E-state index in [9.17, 15) is 0 Å². The van der Waals surface area contributed by atoms with Gasteiger partial charge in [0.15, 0.2) is 0 Å². The van der Waals surface area contributed by atoms with Crippen molar-refractivity contribution in [1.82, 2.24) is 4.31 Å². The molecule has 17 heavy (non-hydrogen) atoms. The van der Waals surface area contributed by atoms with E-state index in [0.29, 0.717) is 5.41 Å². The molecular weight excluding hydrogens is 226 g/mol. The van der Waals surface area contributed by atoms with Crippen molar-refractivity contribution in [2.24, 2.45) is 5.41 Å². The molecule has 0 aromatic rings. The van der Waals surface area contributed by atoms with Crippen LogP contribution in [0.1, 0.15) is 52.4 Å². The molecule has 100 valence electrons. The van der Waals surface area contributed by atoms with Gasteiger partial charge in [0.05, 0.1) is 0 Å². The first-order chi connectivity index (χ1) is 8.14. The van der Waals surface area contributed by atoms with Gasteiger partial charge < -0.3 is 0 Å². The maximum atomic E-state index is 4.52. The topological polar surface area (TPSA) is 3.24 Å². The summed E-state index contributed by atoms with van der Waals surface area (Å²) in [6.07, 6.45) is 11.4. The number of nitrogens with zero attached hydrogens (tertiary/aromatic N) is 1. The van der Waals surface area contributed by atoms with Crippen LogP contribution in [-0.2, 0) is 0 Å². The fourth-order valence-corrected chi connectivity index (χ4v) is 2.75. The van der Waals surface area contributed by atoms with E-state index < -0.39 is 0 Å². The Morgan fingerprint density at radius 1 is 1.18 bits per heavy atom. The minimum Gasteiger partial charge on any atom is -0.249 e. The fourth-order valence-electron chi connectivity index (χ4n) is 2.34. The van der Waals surface area contributed by atoms with E-state index in [0.717, 1.165) is 19.5 Å². The molecule has 0 aliphatic heterocycles. The maximum Gasteiger partial charge on any atom is 0.0265 e. The summed E-state index contributed by atoms with van der Waals surface area (Å²) in [7, 11) is 0. The third-order valence-electron chi connectivity index (χ3n) is 3.50. The number of hydrogen-bond donors (Lipinski definition) is 1. The SMILES string of the molecule is C=CCN(S)CC(CC)(CC=C)CCCCC. The number of rotatable bonds is 11. The number of hydrogen-bond acceptors (Lipinski definition) is 2. The summed E-state index contributed by atoms with van der Waals surface area (Å²) in [5.74, 6) is 0. The summed E-state index contributed by atoms with van der Waals surface area (Å²) >= 11 is 4.52. The molecular formula is C15H29NS. The molecule has 0 aromatic heterocycles. The highest BCUT2D eigenvalue weighted by atomic mass is 32.1. The normalized spacial score (nSPS) is 14.6. The van der Waals surface area contributed by atoms with Crippen LogP contribution in [0.15, 0.2) is 25.3 Å². The Labute approximate surface area is 114 Å². The molecule has 1 nitrogen and oxygen atoms in total. The summed E-state index contributed by atoms with van der Waals surface area (Å²) in [6, 6.07) is 0. The molecule has 0 aromatic carbocycles. The van der Waals surface area contributed by atoms with Gasteiger partial charge in [-0.2, -0.15) is 0 Å². The largest absolute Gasteiger partial charge is 0.249 e. The zero-order chi connectivity index (χ0) is 13.1. The first-order valence-electron chi connectivity index (χ1n) is 6.79. The Morgan fingerprint density at radius 3 is 2.35 bits per heavy atom. The van der Waals surface area contributed by atoms with Gasteiger partial charge in [-0.1, -0.05) is 58.1 Å². The molecule has 0 heterocycles. The van der Waals surface area contributed by atoms with Crippen molar-refractivity contribution in [3.05, 3.63) is 25.3 Å². The third-order valence-corrected chi connectivity index (χ3v) is 3.80. The van der Waals surface area contributed by atoms with Gasteiger partial charge in [0.25, 0.3) is 0 Å². The van der Waals surface area contributed by atoms with Gasteiger partial charge in [-0.05, 0) is 24.7 Å². The molecule has 0 amide bonds. The second-order valence-electron chi connectivity index (χ2n) is 4.94. The van der Waals surface area contributed by atoms with Crippen LogP contribution in [0.4, 0.5) is 0 Å². The van der Waals surface area contributed by atoms with E-state index in [1.54, 1.807) is 0 Å². The monoisotopic (exact) mass is 255 g/mol. The van der Waals surface area contributed by atoms with Gasteiger partial charge >= 0.3 is 0 Å². The lowest BCUT2D eigenvalue weighted by molar-refractivity contribution is 0.199. The lowest BCUT2D eigenvalue weighted by Crippen LogP contribution is -2.32. The summed E-state index contributed by atoms with van der Waals surface area (Å²) in [5, 5.41) is 0. The summed E-state index contributed by atoms with van der Waals surface area (Å²) in [6.45, 7) is 14.1. The van der Waals surface area contributed by atoms with Gasteiger partial charge in [-0.25, -0.2) is 4.31 Å². The highest BCUT2D eigenvalue weighted by Gasteiger charge is 2.27. The average molecular weight is 255 g/mol. The highest BCUT2D eigenvalue weighted by Crippen LogP contribution is 2.34. The van der Waals surface area contributed by atoms with Crippen LogP contribution >= 0.6 is 12.8 Å². The average Bonchev–Trinajstić information content (AvgIpc) is 2.29. The quantitative estimate of drug-likeness (QED) is 0.313. The van der Waals surface area contributed by atoms with E-state index in [2.05, 4.69) is 50.2 Å². The van der Waals surface area contributed by atoms with Crippen molar-refractivity contribution in [3.8, 4) is 0 Å². The number of unbranched alkanes of at least 4 members (excludes halogenated alkanes) is 2. The van der Waals surface area contributed by atoms with Crippen molar-refractivity contribution in [2.75, 3.05) is 13.1 Å². The molecule has 0 aliphatic rings. The number of allylic oxidation sites excluding steroid dienone is 1. The lowest BCUT2D eigenvalue weighted by atomic mass is 9.77. The van der Waals surface area contributed by atoms with Crippen molar-refractivity contribution >= 4 is 12.8 Å². The molecule has 0 saturated heterocycles. The van der Waals surface area contributed by atoms with Crippen LogP contribution < -0.4 is 0 Å². The van der Waals surface area contributed by atoms with Crippen LogP contribution in [-0.4, -0.2) is 17.4 Å². The first-order valence-corrected chi connectivity index (χ1v) is 7.19. The smallest absolute Gasteiger partial charge is 0.0265 e. The van der Waals surface area contributed by atoms with E-state index in [1.165, 1.54) is 32.1 Å². The minimum absolute atomic E-state index is 0.349. The van der Waals surface area contributed by atoms with E-state index in [1.807, 2.05) is 6.08 Å². The highest BCUT2D eigenvalue weighted by molar-refractivity contribution is 7.77. The van der Waals surface area contributed by atoms with Crippen LogP contribution in [0.3, 0.4) is 0 Å². The van der Waals surface area contributed by atoms with E-state index >= 15 is 0 Å². The molecule has 0 spiro atoms. The van der Waals surface area contributed by atoms with Crippen molar-refractivity contribution in [1.29, 1.82) is 0 Å². The Bertz CT molecular complexity index is 215. The molecule has 1 unspecified atom stereocenters. The molecule has 2 heteroatoms. The molecule has 0 aliphatic carbocycles. The van der Waals surface area contributed by atoms with Gasteiger partial charge in [0, 0.05) is 13.1 Å². The molecule has 0 N–H and O–H groups in total. The summed E-state index contributed by atoms with van der Waals surface area (Å²) < 4.78 is 2.08. The molecule has 0 fully saturated rings. The second kappa shape index (κ2) is 9.78. The first kappa shape index (κ1) is 16.8. The molecule has 0 saturated carbocycles. The van der Waals surface area contributed by atoms with Crippen LogP contribution in [0.5, 0.6) is 0 Å². The molecule has 0 rings (SSSR count). The van der Waals surface area contributed by atoms with E-state index in [4.69, 9.17) is 0 Å². The van der Waals surface area contributed by atoms with E-state index in [-0.39, 0.29) is 0 Å². The van der Waals surface area contributed by atoms with Crippen LogP contribution in [0.25, 0.3) is 0 Å². The molecule has 0 radical (unpaired) electrons. The van der Waals surface area contributed by atoms with Gasteiger partial charge in [0.2, 0.25) is 0 Å². The third kappa shape index (κ3) is 6.95. The second-order valence-corrected chi connectivity index (χ2v) is 5.50. The van der Waals surface area contributed by atoms with Gasteiger partial charge in [0.1, 0.15) is 0 Å². The molecule has 0 bridgehead atoms. The predicted octanol–water partition coefficient (Wildman–Crippen LogP) is 4.87. The Balaban J connectivity index is 4.44. The van der Waals surface area contributed by atoms with Crippen molar-refractivity contribution in [3.63, 3.8) is 0 Å². The zero-order valence-electron chi connectivity index (χ0n) is 11.6. The lowest BCUT2D eigenvalue weighted by Gasteiger charge is -2.35. The van der Waals surface area contributed by atoms with Gasteiger partial charge in [-0.15, -0.1) is 13.2 Å². The Kier molecular flexibility index (Phi) is 9.66. The van der Waals surface area contributed by atoms with Crippen molar-refractivity contribution in [2.45, 2.75) is 52.4 Å². The van der Waals surface area contributed by atoms with Crippen LogP contribution in [0, 0.1) is 5.41 Å². The Morgan fingerprint density at radius 2 is 1.88 bits per heavy atom. The summed E-state index contributed by atoms with van der Waals surface area (Å²) in [4.78, 5) is 0. The standard InChI is InChI=1S/C15H29NS/c1-5-9-10-12-15(8-4,11-6-2)14-16(17)13-7-3/h6-7,17H,2-3,5,8-14H2,1,4H3. The van der Waals surface area contributed by atoms with Crippen LogP contribution in [0.2, 0.25) is 0 Å². The van der Waals surface area contributed by atoms with Gasteiger partial charge in [-0.3, -0.25) is 0 Å².